The third-order valence-electron chi connectivity index (χ3n) is 4.51. The maximum Gasteiger partial charge on any atom is 0.304 e. The van der Waals surface area contributed by atoms with Crippen molar-refractivity contribution in [2.75, 3.05) is 0 Å². The summed E-state index contributed by atoms with van der Waals surface area (Å²) in [6.45, 7) is 0. The van der Waals surface area contributed by atoms with Gasteiger partial charge < -0.3 is 10.2 Å². The van der Waals surface area contributed by atoms with Crippen molar-refractivity contribution in [1.29, 1.82) is 0 Å². The van der Waals surface area contributed by atoms with Crippen LogP contribution in [0.25, 0.3) is 0 Å². The molecule has 0 bridgehead atoms. The van der Waals surface area contributed by atoms with Crippen molar-refractivity contribution in [2.24, 2.45) is 0 Å². The van der Waals surface area contributed by atoms with Gasteiger partial charge in [0.2, 0.25) is 0 Å². The zero-order chi connectivity index (χ0) is 17.7. The van der Waals surface area contributed by atoms with Crippen LogP contribution in [0.1, 0.15) is 29.0 Å². The summed E-state index contributed by atoms with van der Waals surface area (Å²) in [6, 6.07) is 27.9. The Bertz CT molecular complexity index is 774. The number of rotatable bonds is 6. The summed E-state index contributed by atoms with van der Waals surface area (Å²) in [4.78, 5) is 11.6. The van der Waals surface area contributed by atoms with Gasteiger partial charge in [-0.3, -0.25) is 4.79 Å². The van der Waals surface area contributed by atoms with Gasteiger partial charge in [-0.15, -0.1) is 0 Å². The van der Waals surface area contributed by atoms with E-state index in [2.05, 4.69) is 0 Å². The average molecular weight is 332 g/mol. The fourth-order valence-electron chi connectivity index (χ4n) is 3.32. The predicted molar refractivity (Wildman–Crippen MR) is 97.3 cm³/mol. The van der Waals surface area contributed by atoms with Crippen LogP contribution in [0.15, 0.2) is 91.0 Å². The quantitative estimate of drug-likeness (QED) is 0.712. The van der Waals surface area contributed by atoms with Crippen molar-refractivity contribution >= 4 is 5.97 Å². The highest BCUT2D eigenvalue weighted by molar-refractivity contribution is 5.69. The molecule has 3 heteroatoms. The molecule has 0 spiro atoms. The summed E-state index contributed by atoms with van der Waals surface area (Å²) >= 11 is 0. The number of aliphatic carboxylic acids is 1. The molecule has 3 nitrogen and oxygen atoms in total. The highest BCUT2D eigenvalue weighted by Crippen LogP contribution is 2.44. The molecule has 0 saturated carbocycles. The molecule has 0 unspecified atom stereocenters. The molecule has 25 heavy (non-hydrogen) atoms. The average Bonchev–Trinajstić information content (AvgIpc) is 2.67. The molecular weight excluding hydrogens is 312 g/mol. The van der Waals surface area contributed by atoms with E-state index < -0.39 is 17.5 Å². The number of aliphatic hydroxyl groups is 1. The summed E-state index contributed by atoms with van der Waals surface area (Å²) in [5.74, 6) is -1.56. The number of hydrogen-bond donors (Lipinski definition) is 2. The summed E-state index contributed by atoms with van der Waals surface area (Å²) in [7, 11) is 0. The van der Waals surface area contributed by atoms with Gasteiger partial charge in [-0.1, -0.05) is 91.0 Å². The van der Waals surface area contributed by atoms with Crippen LogP contribution in [0.2, 0.25) is 0 Å². The summed E-state index contributed by atoms with van der Waals surface area (Å²) in [6.07, 6.45) is -0.176. The van der Waals surface area contributed by atoms with Crippen molar-refractivity contribution in [3.8, 4) is 0 Å². The van der Waals surface area contributed by atoms with Gasteiger partial charge in [0.25, 0.3) is 0 Å². The molecular formula is C22H20O3. The molecule has 2 N–H and O–H groups in total. The molecule has 0 aliphatic heterocycles. The van der Waals surface area contributed by atoms with E-state index in [0.717, 1.165) is 5.56 Å². The van der Waals surface area contributed by atoms with E-state index in [9.17, 15) is 15.0 Å². The Kier molecular flexibility index (Phi) is 4.96. The second kappa shape index (κ2) is 7.32. The standard InChI is InChI=1S/C22H20O3/c23-21(24)16-20(17-10-4-1-5-11-17)22(25,18-12-6-2-7-13-18)19-14-8-3-9-15-19/h1-15,20,25H,16H2,(H,23,24)/t20-/m1/s1. The van der Waals surface area contributed by atoms with E-state index in [0.29, 0.717) is 11.1 Å². The number of carboxylic acids is 1. The predicted octanol–water partition coefficient (Wildman–Crippen LogP) is 4.18. The first-order valence-corrected chi connectivity index (χ1v) is 8.22. The zero-order valence-electron chi connectivity index (χ0n) is 13.7. The second-order valence-electron chi connectivity index (χ2n) is 6.06. The van der Waals surface area contributed by atoms with E-state index in [-0.39, 0.29) is 6.42 Å². The molecule has 0 aromatic heterocycles. The Labute approximate surface area is 147 Å². The first-order valence-electron chi connectivity index (χ1n) is 8.22. The molecule has 126 valence electrons. The van der Waals surface area contributed by atoms with Gasteiger partial charge in [-0.05, 0) is 16.7 Å². The normalized spacial score (nSPS) is 12.5. The van der Waals surface area contributed by atoms with Crippen molar-refractivity contribution in [2.45, 2.75) is 17.9 Å². The molecule has 0 heterocycles. The lowest BCUT2D eigenvalue weighted by Gasteiger charge is -2.37. The van der Waals surface area contributed by atoms with Crippen LogP contribution >= 0.6 is 0 Å². The SMILES string of the molecule is O=C(O)C[C@H](c1ccccc1)C(O)(c1ccccc1)c1ccccc1. The van der Waals surface area contributed by atoms with E-state index in [1.165, 1.54) is 0 Å². The van der Waals surface area contributed by atoms with Crippen LogP contribution in [0.4, 0.5) is 0 Å². The van der Waals surface area contributed by atoms with Crippen LogP contribution in [0, 0.1) is 0 Å². The van der Waals surface area contributed by atoms with E-state index in [1.54, 1.807) is 0 Å². The lowest BCUT2D eigenvalue weighted by Crippen LogP contribution is -2.36. The Morgan fingerprint density at radius 3 is 1.56 bits per heavy atom. The maximum atomic E-state index is 11.9. The van der Waals surface area contributed by atoms with Crippen molar-refractivity contribution < 1.29 is 15.0 Å². The molecule has 0 saturated heterocycles. The Morgan fingerprint density at radius 2 is 1.16 bits per heavy atom. The molecule has 0 amide bonds. The van der Waals surface area contributed by atoms with Crippen LogP contribution in [-0.4, -0.2) is 16.2 Å². The van der Waals surface area contributed by atoms with Gasteiger partial charge in [0, 0.05) is 5.92 Å². The molecule has 0 radical (unpaired) electrons. The third kappa shape index (κ3) is 3.47. The summed E-state index contributed by atoms with van der Waals surface area (Å²) < 4.78 is 0. The molecule has 0 aliphatic carbocycles. The van der Waals surface area contributed by atoms with Gasteiger partial charge in [0.15, 0.2) is 0 Å². The van der Waals surface area contributed by atoms with Gasteiger partial charge in [-0.2, -0.15) is 0 Å². The molecule has 0 fully saturated rings. The zero-order valence-corrected chi connectivity index (χ0v) is 13.7. The Balaban J connectivity index is 2.22. The lowest BCUT2D eigenvalue weighted by molar-refractivity contribution is -0.139. The minimum absolute atomic E-state index is 0.176. The lowest BCUT2D eigenvalue weighted by atomic mass is 9.71. The van der Waals surface area contributed by atoms with E-state index >= 15 is 0 Å². The molecule has 3 rings (SSSR count). The van der Waals surface area contributed by atoms with Gasteiger partial charge in [0.1, 0.15) is 5.60 Å². The van der Waals surface area contributed by atoms with Gasteiger partial charge in [0.05, 0.1) is 6.42 Å². The largest absolute Gasteiger partial charge is 0.481 e. The first kappa shape index (κ1) is 16.9. The summed E-state index contributed by atoms with van der Waals surface area (Å²) in [5.41, 5.74) is 0.704. The second-order valence-corrected chi connectivity index (χ2v) is 6.06. The van der Waals surface area contributed by atoms with Crippen molar-refractivity contribution in [3.63, 3.8) is 0 Å². The fourth-order valence-corrected chi connectivity index (χ4v) is 3.32. The van der Waals surface area contributed by atoms with Crippen LogP contribution in [0.5, 0.6) is 0 Å². The van der Waals surface area contributed by atoms with Crippen molar-refractivity contribution in [3.05, 3.63) is 108 Å². The number of hydrogen-bond acceptors (Lipinski definition) is 2. The number of benzene rings is 3. The smallest absolute Gasteiger partial charge is 0.304 e. The summed E-state index contributed by atoms with van der Waals surface area (Å²) in [5, 5.41) is 21.3. The molecule has 1 atom stereocenters. The molecule has 3 aromatic rings. The minimum atomic E-state index is -1.44. The topological polar surface area (TPSA) is 57.5 Å². The van der Waals surface area contributed by atoms with E-state index in [4.69, 9.17) is 0 Å². The number of carbonyl (C=O) groups is 1. The minimum Gasteiger partial charge on any atom is -0.481 e. The fraction of sp³-hybridized carbons (Fsp3) is 0.136. The van der Waals surface area contributed by atoms with Crippen LogP contribution in [-0.2, 0) is 10.4 Å². The Morgan fingerprint density at radius 1 is 0.760 bits per heavy atom. The highest BCUT2D eigenvalue weighted by atomic mass is 16.4. The van der Waals surface area contributed by atoms with Gasteiger partial charge in [-0.25, -0.2) is 0 Å². The van der Waals surface area contributed by atoms with Crippen LogP contribution in [0.3, 0.4) is 0 Å². The third-order valence-corrected chi connectivity index (χ3v) is 4.51. The highest BCUT2D eigenvalue weighted by Gasteiger charge is 2.42. The monoisotopic (exact) mass is 332 g/mol. The van der Waals surface area contributed by atoms with Crippen LogP contribution < -0.4 is 0 Å². The Hall–Kier alpha value is -2.91. The first-order chi connectivity index (χ1) is 12.1. The molecule has 0 aliphatic rings. The van der Waals surface area contributed by atoms with E-state index in [1.807, 2.05) is 91.0 Å². The van der Waals surface area contributed by atoms with Gasteiger partial charge >= 0.3 is 5.97 Å². The molecule has 3 aromatic carbocycles. The maximum absolute atomic E-state index is 11.9. The number of carboxylic acid groups (broad SMARTS) is 1. The van der Waals surface area contributed by atoms with Crippen molar-refractivity contribution in [1.82, 2.24) is 0 Å².